The van der Waals surface area contributed by atoms with Crippen LogP contribution in [-0.4, -0.2) is 57.9 Å². The fourth-order valence-electron chi connectivity index (χ4n) is 3.38. The van der Waals surface area contributed by atoms with Crippen molar-refractivity contribution in [1.82, 2.24) is 19.7 Å². The summed E-state index contributed by atoms with van der Waals surface area (Å²) in [5.74, 6) is 0.511. The molecular weight excluding hydrogens is 342 g/mol. The van der Waals surface area contributed by atoms with Crippen molar-refractivity contribution in [3.63, 3.8) is 0 Å². The summed E-state index contributed by atoms with van der Waals surface area (Å²) in [4.78, 5) is 18.8. The highest BCUT2D eigenvalue weighted by Crippen LogP contribution is 2.25. The lowest BCUT2D eigenvalue weighted by molar-refractivity contribution is -0.119. The molecule has 0 spiro atoms. The van der Waals surface area contributed by atoms with E-state index >= 15 is 0 Å². The van der Waals surface area contributed by atoms with Crippen LogP contribution in [0.15, 0.2) is 42.9 Å². The van der Waals surface area contributed by atoms with Crippen LogP contribution < -0.4 is 5.32 Å². The molecule has 7 heteroatoms. The van der Waals surface area contributed by atoms with E-state index in [-0.39, 0.29) is 12.0 Å². The third-order valence-corrected chi connectivity index (χ3v) is 4.72. The van der Waals surface area contributed by atoms with Crippen molar-refractivity contribution in [2.24, 2.45) is 7.05 Å². The SMILES string of the molecule is CC1CN(CC(=O)Nc2cc3cc(-c4cnn(C)c4)ccc3cn2)CCO1. The third kappa shape index (κ3) is 4.15. The van der Waals surface area contributed by atoms with Crippen LogP contribution >= 0.6 is 0 Å². The van der Waals surface area contributed by atoms with E-state index in [0.717, 1.165) is 35.0 Å². The predicted octanol–water partition coefficient (Wildman–Crippen LogP) is 2.29. The number of fused-ring (bicyclic) bond motifs is 1. The molecule has 0 bridgehead atoms. The van der Waals surface area contributed by atoms with E-state index in [2.05, 4.69) is 32.4 Å². The Balaban J connectivity index is 1.49. The zero-order valence-electron chi connectivity index (χ0n) is 15.6. The quantitative estimate of drug-likeness (QED) is 0.768. The number of hydrogen-bond acceptors (Lipinski definition) is 5. The van der Waals surface area contributed by atoms with Gasteiger partial charge in [-0.3, -0.25) is 14.4 Å². The second-order valence-electron chi connectivity index (χ2n) is 7.00. The average Bonchev–Trinajstić information content (AvgIpc) is 3.07. The number of rotatable bonds is 4. The van der Waals surface area contributed by atoms with Crippen LogP contribution in [-0.2, 0) is 16.6 Å². The Kier molecular flexibility index (Phi) is 4.87. The Bertz CT molecular complexity index is 968. The molecule has 1 saturated heterocycles. The molecule has 7 nitrogen and oxygen atoms in total. The van der Waals surface area contributed by atoms with Gasteiger partial charge in [-0.05, 0) is 30.0 Å². The molecule has 3 heterocycles. The number of hydrogen-bond donors (Lipinski definition) is 1. The van der Waals surface area contributed by atoms with Crippen molar-refractivity contribution in [1.29, 1.82) is 0 Å². The molecule has 2 aromatic heterocycles. The minimum Gasteiger partial charge on any atom is -0.376 e. The number of morpholine rings is 1. The number of carbonyl (C=O) groups is 1. The van der Waals surface area contributed by atoms with Crippen molar-refractivity contribution < 1.29 is 9.53 Å². The molecule has 1 fully saturated rings. The van der Waals surface area contributed by atoms with Gasteiger partial charge in [-0.15, -0.1) is 0 Å². The van der Waals surface area contributed by atoms with Gasteiger partial charge in [-0.2, -0.15) is 5.10 Å². The molecule has 0 aliphatic carbocycles. The minimum atomic E-state index is -0.0561. The molecular formula is C20H23N5O2. The number of pyridine rings is 1. The van der Waals surface area contributed by atoms with E-state index in [4.69, 9.17) is 4.74 Å². The summed E-state index contributed by atoms with van der Waals surface area (Å²) in [5.41, 5.74) is 2.14. The van der Waals surface area contributed by atoms with E-state index in [1.54, 1.807) is 10.9 Å². The molecule has 1 unspecified atom stereocenters. The number of anilines is 1. The van der Waals surface area contributed by atoms with Crippen molar-refractivity contribution in [3.05, 3.63) is 42.9 Å². The maximum atomic E-state index is 12.4. The minimum absolute atomic E-state index is 0.0561. The van der Waals surface area contributed by atoms with E-state index in [0.29, 0.717) is 19.0 Å². The molecule has 0 radical (unpaired) electrons. The van der Waals surface area contributed by atoms with Crippen molar-refractivity contribution >= 4 is 22.5 Å². The fraction of sp³-hybridized carbons (Fsp3) is 0.350. The first kappa shape index (κ1) is 17.6. The lowest BCUT2D eigenvalue weighted by atomic mass is 10.1. The number of benzene rings is 1. The number of aromatic nitrogens is 3. The zero-order chi connectivity index (χ0) is 18.8. The number of carbonyl (C=O) groups excluding carboxylic acids is 1. The van der Waals surface area contributed by atoms with E-state index in [9.17, 15) is 4.79 Å². The van der Waals surface area contributed by atoms with Gasteiger partial charge in [0.2, 0.25) is 5.91 Å². The monoisotopic (exact) mass is 365 g/mol. The first-order valence-electron chi connectivity index (χ1n) is 9.09. The summed E-state index contributed by atoms with van der Waals surface area (Å²) in [5, 5.41) is 9.19. The van der Waals surface area contributed by atoms with E-state index < -0.39 is 0 Å². The molecule has 140 valence electrons. The second kappa shape index (κ2) is 7.46. The Labute approximate surface area is 157 Å². The maximum Gasteiger partial charge on any atom is 0.239 e. The molecule has 1 amide bonds. The van der Waals surface area contributed by atoms with Gasteiger partial charge in [0, 0.05) is 43.5 Å². The molecule has 27 heavy (non-hydrogen) atoms. The standard InChI is InChI=1S/C20H23N5O2/c1-14-11-25(5-6-27-14)13-20(26)23-19-8-17-7-15(3-4-16(17)9-21-19)18-10-22-24(2)12-18/h3-4,7-10,12,14H,5-6,11,13H2,1-2H3,(H,21,23,26). The van der Waals surface area contributed by atoms with Gasteiger partial charge in [0.15, 0.2) is 0 Å². The molecule has 1 aliphatic heterocycles. The highest BCUT2D eigenvalue weighted by Gasteiger charge is 2.19. The fourth-order valence-corrected chi connectivity index (χ4v) is 3.38. The van der Waals surface area contributed by atoms with Gasteiger partial charge in [0.05, 0.1) is 25.5 Å². The number of nitrogens with one attached hydrogen (secondary N) is 1. The first-order chi connectivity index (χ1) is 13.1. The van der Waals surface area contributed by atoms with Crippen LogP contribution in [0, 0.1) is 0 Å². The number of amides is 1. The van der Waals surface area contributed by atoms with Gasteiger partial charge >= 0.3 is 0 Å². The van der Waals surface area contributed by atoms with Gasteiger partial charge in [-0.1, -0.05) is 12.1 Å². The molecule has 1 aromatic carbocycles. The summed E-state index contributed by atoms with van der Waals surface area (Å²) < 4.78 is 7.30. The normalized spacial score (nSPS) is 17.9. The Morgan fingerprint density at radius 2 is 2.15 bits per heavy atom. The number of ether oxygens (including phenoxy) is 1. The lowest BCUT2D eigenvalue weighted by Gasteiger charge is -2.30. The summed E-state index contributed by atoms with van der Waals surface area (Å²) in [6.07, 6.45) is 5.77. The van der Waals surface area contributed by atoms with E-state index in [1.807, 2.05) is 38.5 Å². The lowest BCUT2D eigenvalue weighted by Crippen LogP contribution is -2.44. The molecule has 1 atom stereocenters. The zero-order valence-corrected chi connectivity index (χ0v) is 15.6. The van der Waals surface area contributed by atoms with Crippen LogP contribution in [0.2, 0.25) is 0 Å². The smallest absolute Gasteiger partial charge is 0.239 e. The van der Waals surface area contributed by atoms with Crippen LogP contribution in [0.5, 0.6) is 0 Å². The highest BCUT2D eigenvalue weighted by molar-refractivity contribution is 5.94. The topological polar surface area (TPSA) is 72.3 Å². The van der Waals surface area contributed by atoms with Crippen molar-refractivity contribution in [2.75, 3.05) is 31.6 Å². The van der Waals surface area contributed by atoms with Gasteiger partial charge in [-0.25, -0.2) is 4.98 Å². The van der Waals surface area contributed by atoms with Gasteiger partial charge < -0.3 is 10.1 Å². The summed E-state index contributed by atoms with van der Waals surface area (Å²) in [7, 11) is 1.90. The third-order valence-electron chi connectivity index (χ3n) is 4.72. The van der Waals surface area contributed by atoms with E-state index in [1.165, 1.54) is 0 Å². The summed E-state index contributed by atoms with van der Waals surface area (Å²) in [6.45, 7) is 4.59. The van der Waals surface area contributed by atoms with Crippen molar-refractivity contribution in [3.8, 4) is 11.1 Å². The number of aryl methyl sites for hydroxylation is 1. The Hall–Kier alpha value is -2.77. The first-order valence-corrected chi connectivity index (χ1v) is 9.09. The van der Waals surface area contributed by atoms with Gasteiger partial charge in [0.25, 0.3) is 0 Å². The maximum absolute atomic E-state index is 12.4. The largest absolute Gasteiger partial charge is 0.376 e. The van der Waals surface area contributed by atoms with Crippen LogP contribution in [0.1, 0.15) is 6.92 Å². The molecule has 3 aromatic rings. The number of nitrogens with zero attached hydrogens (tertiary/aromatic N) is 4. The van der Waals surface area contributed by atoms with Crippen LogP contribution in [0.3, 0.4) is 0 Å². The summed E-state index contributed by atoms with van der Waals surface area (Å²) >= 11 is 0. The molecule has 1 N–H and O–H groups in total. The average molecular weight is 365 g/mol. The predicted molar refractivity (Wildman–Crippen MR) is 104 cm³/mol. The highest BCUT2D eigenvalue weighted by atomic mass is 16.5. The molecule has 0 saturated carbocycles. The van der Waals surface area contributed by atoms with Gasteiger partial charge in [0.1, 0.15) is 5.82 Å². The Morgan fingerprint density at radius 3 is 2.93 bits per heavy atom. The Morgan fingerprint density at radius 1 is 1.26 bits per heavy atom. The second-order valence-corrected chi connectivity index (χ2v) is 7.00. The van der Waals surface area contributed by atoms with Crippen LogP contribution in [0.25, 0.3) is 21.9 Å². The molecule has 4 rings (SSSR count). The van der Waals surface area contributed by atoms with Crippen molar-refractivity contribution in [2.45, 2.75) is 13.0 Å². The summed E-state index contributed by atoms with van der Waals surface area (Å²) in [6, 6.07) is 8.09. The molecule has 1 aliphatic rings. The van der Waals surface area contributed by atoms with Crippen LogP contribution in [0.4, 0.5) is 5.82 Å².